The van der Waals surface area contributed by atoms with Crippen molar-refractivity contribution in [2.45, 2.75) is 33.2 Å². The molecule has 2 aromatic rings. The highest BCUT2D eigenvalue weighted by molar-refractivity contribution is 5.95. The smallest absolute Gasteiger partial charge is 0.251 e. The fraction of sp³-hybridized carbons (Fsp3) is 0.350. The zero-order valence-electron chi connectivity index (χ0n) is 14.8. The number of methoxy groups -OCH3 is 1. The number of aryl methyl sites for hydroxylation is 1. The Hall–Kier alpha value is -2.49. The highest BCUT2D eigenvalue weighted by Crippen LogP contribution is 2.28. The number of ether oxygens (including phenoxy) is 2. The van der Waals surface area contributed by atoms with Crippen molar-refractivity contribution >= 4 is 5.91 Å². The van der Waals surface area contributed by atoms with E-state index in [1.807, 2.05) is 6.92 Å². The predicted molar refractivity (Wildman–Crippen MR) is 95.8 cm³/mol. The minimum Gasteiger partial charge on any atom is -0.493 e. The summed E-state index contributed by atoms with van der Waals surface area (Å²) >= 11 is 0. The maximum absolute atomic E-state index is 12.6. The van der Waals surface area contributed by atoms with E-state index in [9.17, 15) is 4.79 Å². The zero-order valence-corrected chi connectivity index (χ0v) is 14.8. The minimum atomic E-state index is -0.122. The van der Waals surface area contributed by atoms with Crippen molar-refractivity contribution in [2.75, 3.05) is 13.7 Å². The van der Waals surface area contributed by atoms with Gasteiger partial charge in [0.05, 0.1) is 19.8 Å². The summed E-state index contributed by atoms with van der Waals surface area (Å²) < 4.78 is 10.8. The van der Waals surface area contributed by atoms with Gasteiger partial charge in [-0.05, 0) is 44.0 Å². The van der Waals surface area contributed by atoms with E-state index >= 15 is 0 Å². The number of carbonyl (C=O) groups is 1. The third kappa shape index (κ3) is 4.28. The van der Waals surface area contributed by atoms with Crippen molar-refractivity contribution in [3.63, 3.8) is 0 Å². The quantitative estimate of drug-likeness (QED) is 0.825. The second-order valence-corrected chi connectivity index (χ2v) is 5.64. The first-order valence-corrected chi connectivity index (χ1v) is 8.27. The Morgan fingerprint density at radius 2 is 1.79 bits per heavy atom. The molecule has 0 bridgehead atoms. The molecule has 1 atom stereocenters. The molecule has 0 saturated carbocycles. The van der Waals surface area contributed by atoms with Gasteiger partial charge in [-0.1, -0.05) is 36.8 Å². The van der Waals surface area contributed by atoms with Crippen molar-refractivity contribution < 1.29 is 14.3 Å². The van der Waals surface area contributed by atoms with E-state index in [-0.39, 0.29) is 11.9 Å². The lowest BCUT2D eigenvalue weighted by Gasteiger charge is -2.18. The fourth-order valence-corrected chi connectivity index (χ4v) is 2.55. The highest BCUT2D eigenvalue weighted by atomic mass is 16.5. The number of carbonyl (C=O) groups excluding carboxylic acids is 1. The largest absolute Gasteiger partial charge is 0.493 e. The molecule has 0 fully saturated rings. The first-order chi connectivity index (χ1) is 11.6. The van der Waals surface area contributed by atoms with Gasteiger partial charge in [-0.2, -0.15) is 0 Å². The number of amides is 1. The van der Waals surface area contributed by atoms with Crippen LogP contribution < -0.4 is 14.8 Å². The van der Waals surface area contributed by atoms with E-state index in [4.69, 9.17) is 9.47 Å². The molecule has 2 aromatic carbocycles. The maximum atomic E-state index is 12.6. The van der Waals surface area contributed by atoms with E-state index in [1.54, 1.807) is 25.3 Å². The number of benzene rings is 2. The molecule has 0 aromatic heterocycles. The van der Waals surface area contributed by atoms with Crippen molar-refractivity contribution in [3.05, 3.63) is 59.2 Å². The molecule has 1 N–H and O–H groups in total. The maximum Gasteiger partial charge on any atom is 0.251 e. The van der Waals surface area contributed by atoms with Crippen molar-refractivity contribution in [1.29, 1.82) is 0 Å². The third-order valence-corrected chi connectivity index (χ3v) is 3.92. The molecule has 0 saturated heterocycles. The molecule has 4 heteroatoms. The Morgan fingerprint density at radius 1 is 1.08 bits per heavy atom. The Kier molecular flexibility index (Phi) is 6.24. The van der Waals surface area contributed by atoms with Crippen LogP contribution in [0.4, 0.5) is 0 Å². The van der Waals surface area contributed by atoms with E-state index in [0.717, 1.165) is 12.0 Å². The monoisotopic (exact) mass is 327 g/mol. The summed E-state index contributed by atoms with van der Waals surface area (Å²) in [5.41, 5.74) is 2.87. The van der Waals surface area contributed by atoms with Gasteiger partial charge in [0, 0.05) is 5.56 Å². The van der Waals surface area contributed by atoms with E-state index in [1.165, 1.54) is 5.56 Å². The van der Waals surface area contributed by atoms with Crippen molar-refractivity contribution in [3.8, 4) is 11.5 Å². The molecule has 128 valence electrons. The summed E-state index contributed by atoms with van der Waals surface area (Å²) in [7, 11) is 1.57. The van der Waals surface area contributed by atoms with Crippen LogP contribution in [0.3, 0.4) is 0 Å². The molecular weight excluding hydrogens is 302 g/mol. The molecule has 4 nitrogen and oxygen atoms in total. The van der Waals surface area contributed by atoms with Crippen LogP contribution in [0.15, 0.2) is 42.5 Å². The molecule has 0 spiro atoms. The third-order valence-electron chi connectivity index (χ3n) is 3.92. The van der Waals surface area contributed by atoms with Crippen LogP contribution in [0.5, 0.6) is 11.5 Å². The Labute approximate surface area is 143 Å². The van der Waals surface area contributed by atoms with Gasteiger partial charge in [0.15, 0.2) is 11.5 Å². The van der Waals surface area contributed by atoms with Gasteiger partial charge in [0.2, 0.25) is 0 Å². The van der Waals surface area contributed by atoms with Crippen molar-refractivity contribution in [1.82, 2.24) is 5.32 Å². The summed E-state index contributed by atoms with van der Waals surface area (Å²) in [6.07, 6.45) is 0.822. The molecular formula is C20H25NO3. The first-order valence-electron chi connectivity index (χ1n) is 8.27. The van der Waals surface area contributed by atoms with E-state index < -0.39 is 0 Å². The van der Waals surface area contributed by atoms with Crippen LogP contribution in [0.2, 0.25) is 0 Å². The SMILES string of the molecule is CCOc1ccc(C(=O)N[C@H](CC)c2ccc(C)cc2)cc1OC. The minimum absolute atomic E-state index is 0.0179. The van der Waals surface area contributed by atoms with Crippen LogP contribution in [0.1, 0.15) is 47.8 Å². The standard InChI is InChI=1S/C20H25NO3/c1-5-17(15-9-7-14(3)8-10-15)21-20(22)16-11-12-18(24-6-2)19(13-16)23-4/h7-13,17H,5-6H2,1-4H3,(H,21,22)/t17-/m1/s1. The Balaban J connectivity index is 2.17. The van der Waals surface area contributed by atoms with Crippen LogP contribution >= 0.6 is 0 Å². The topological polar surface area (TPSA) is 47.6 Å². The molecule has 0 aliphatic heterocycles. The van der Waals surface area contributed by atoms with Crippen LogP contribution in [-0.4, -0.2) is 19.6 Å². The second-order valence-electron chi connectivity index (χ2n) is 5.64. The average Bonchev–Trinajstić information content (AvgIpc) is 2.61. The number of rotatable bonds is 7. The summed E-state index contributed by atoms with van der Waals surface area (Å²) in [5.74, 6) is 1.08. The van der Waals surface area contributed by atoms with Gasteiger partial charge in [-0.3, -0.25) is 4.79 Å². The number of nitrogens with one attached hydrogen (secondary N) is 1. The Bertz CT molecular complexity index is 680. The molecule has 2 rings (SSSR count). The fourth-order valence-electron chi connectivity index (χ4n) is 2.55. The molecule has 24 heavy (non-hydrogen) atoms. The van der Waals surface area contributed by atoms with Gasteiger partial charge in [-0.15, -0.1) is 0 Å². The summed E-state index contributed by atoms with van der Waals surface area (Å²) in [5, 5.41) is 3.09. The van der Waals surface area contributed by atoms with E-state index in [0.29, 0.717) is 23.7 Å². The van der Waals surface area contributed by atoms with Crippen LogP contribution in [0.25, 0.3) is 0 Å². The van der Waals surface area contributed by atoms with Gasteiger partial charge >= 0.3 is 0 Å². The predicted octanol–water partition coefficient (Wildman–Crippen LogP) is 4.28. The highest BCUT2D eigenvalue weighted by Gasteiger charge is 2.16. The van der Waals surface area contributed by atoms with Crippen molar-refractivity contribution in [2.24, 2.45) is 0 Å². The van der Waals surface area contributed by atoms with Gasteiger partial charge in [0.25, 0.3) is 5.91 Å². The molecule has 0 radical (unpaired) electrons. The average molecular weight is 327 g/mol. The molecule has 0 aliphatic rings. The lowest BCUT2D eigenvalue weighted by atomic mass is 10.0. The molecule has 0 heterocycles. The number of hydrogen-bond donors (Lipinski definition) is 1. The van der Waals surface area contributed by atoms with Crippen LogP contribution in [0, 0.1) is 6.92 Å². The zero-order chi connectivity index (χ0) is 17.5. The Morgan fingerprint density at radius 3 is 2.38 bits per heavy atom. The first kappa shape index (κ1) is 17.9. The molecule has 0 unspecified atom stereocenters. The number of hydrogen-bond acceptors (Lipinski definition) is 3. The molecule has 0 aliphatic carbocycles. The molecule has 1 amide bonds. The summed E-state index contributed by atoms with van der Waals surface area (Å²) in [6, 6.07) is 13.5. The summed E-state index contributed by atoms with van der Waals surface area (Å²) in [6.45, 7) is 6.57. The lowest BCUT2D eigenvalue weighted by Crippen LogP contribution is -2.28. The van der Waals surface area contributed by atoms with E-state index in [2.05, 4.69) is 43.4 Å². The van der Waals surface area contributed by atoms with Gasteiger partial charge < -0.3 is 14.8 Å². The second kappa shape index (κ2) is 8.39. The van der Waals surface area contributed by atoms with Gasteiger partial charge in [-0.25, -0.2) is 0 Å². The lowest BCUT2D eigenvalue weighted by molar-refractivity contribution is 0.0935. The summed E-state index contributed by atoms with van der Waals surface area (Å²) in [4.78, 5) is 12.6. The normalized spacial score (nSPS) is 11.7. The van der Waals surface area contributed by atoms with Crippen LogP contribution in [-0.2, 0) is 0 Å². The van der Waals surface area contributed by atoms with Gasteiger partial charge in [0.1, 0.15) is 0 Å².